The second-order valence-electron chi connectivity index (χ2n) is 6.40. The maximum absolute atomic E-state index is 10.9. The van der Waals surface area contributed by atoms with E-state index in [0.717, 1.165) is 47.9 Å². The second kappa shape index (κ2) is 7.51. The average molecular weight is 357 g/mol. The Balaban J connectivity index is 1.70. The first-order chi connectivity index (χ1) is 12.5. The van der Waals surface area contributed by atoms with Crippen LogP contribution in [0.5, 0.6) is 11.5 Å². The van der Waals surface area contributed by atoms with Gasteiger partial charge in [0.1, 0.15) is 11.5 Å². The van der Waals surface area contributed by atoms with Crippen molar-refractivity contribution in [2.75, 3.05) is 37.5 Å². The molecule has 1 heterocycles. The van der Waals surface area contributed by atoms with Gasteiger partial charge in [-0.3, -0.25) is 10.1 Å². The summed E-state index contributed by atoms with van der Waals surface area (Å²) in [6, 6.07) is 11.0. The monoisotopic (exact) mass is 357 g/mol. The van der Waals surface area contributed by atoms with Crippen LogP contribution in [-0.2, 0) is 0 Å². The van der Waals surface area contributed by atoms with Gasteiger partial charge in [0.25, 0.3) is 5.69 Å². The third-order valence-electron chi connectivity index (χ3n) is 4.67. The summed E-state index contributed by atoms with van der Waals surface area (Å²) in [5, 5.41) is 14.4. The quantitative estimate of drug-likeness (QED) is 0.629. The summed E-state index contributed by atoms with van der Waals surface area (Å²) >= 11 is 0. The topological polar surface area (TPSA) is 76.9 Å². The first kappa shape index (κ1) is 17.8. The second-order valence-corrected chi connectivity index (χ2v) is 6.40. The lowest BCUT2D eigenvalue weighted by atomic mass is 10.1. The van der Waals surface area contributed by atoms with Gasteiger partial charge in [-0.1, -0.05) is 0 Å². The molecule has 138 valence electrons. The van der Waals surface area contributed by atoms with Crippen molar-refractivity contribution in [3.8, 4) is 11.5 Å². The molecule has 1 atom stereocenters. The minimum Gasteiger partial charge on any atom is -0.497 e. The number of hydrogen-bond acceptors (Lipinski definition) is 6. The molecule has 0 amide bonds. The smallest absolute Gasteiger partial charge is 0.269 e. The van der Waals surface area contributed by atoms with Crippen LogP contribution in [0.15, 0.2) is 36.4 Å². The van der Waals surface area contributed by atoms with Crippen LogP contribution < -0.4 is 19.7 Å². The summed E-state index contributed by atoms with van der Waals surface area (Å²) in [5.41, 5.74) is 2.99. The van der Waals surface area contributed by atoms with E-state index in [4.69, 9.17) is 9.47 Å². The Morgan fingerprint density at radius 3 is 2.42 bits per heavy atom. The number of non-ortho nitro benzene ring substituents is 1. The summed E-state index contributed by atoms with van der Waals surface area (Å²) in [7, 11) is 3.29. The molecule has 26 heavy (non-hydrogen) atoms. The average Bonchev–Trinajstić information content (AvgIpc) is 3.11. The summed E-state index contributed by atoms with van der Waals surface area (Å²) in [6.45, 7) is 3.64. The normalized spacial score (nSPS) is 16.4. The van der Waals surface area contributed by atoms with E-state index in [-0.39, 0.29) is 16.7 Å². The molecule has 3 rings (SSSR count). The van der Waals surface area contributed by atoms with E-state index >= 15 is 0 Å². The number of nitrogens with zero attached hydrogens (tertiary/aromatic N) is 2. The van der Waals surface area contributed by atoms with Crippen LogP contribution in [0.3, 0.4) is 0 Å². The Morgan fingerprint density at radius 1 is 1.15 bits per heavy atom. The summed E-state index contributed by atoms with van der Waals surface area (Å²) in [4.78, 5) is 12.8. The fourth-order valence-corrected chi connectivity index (χ4v) is 3.23. The van der Waals surface area contributed by atoms with Crippen LogP contribution >= 0.6 is 0 Å². The van der Waals surface area contributed by atoms with Crippen molar-refractivity contribution in [1.82, 2.24) is 0 Å². The molecule has 1 fully saturated rings. The minimum absolute atomic E-state index is 0.115. The van der Waals surface area contributed by atoms with Gasteiger partial charge in [0, 0.05) is 60.8 Å². The molecule has 1 unspecified atom stereocenters. The van der Waals surface area contributed by atoms with Gasteiger partial charge >= 0.3 is 0 Å². The molecule has 2 aromatic carbocycles. The van der Waals surface area contributed by atoms with Crippen LogP contribution in [0.2, 0.25) is 0 Å². The number of benzene rings is 2. The number of hydrogen-bond donors (Lipinski definition) is 1. The minimum atomic E-state index is -0.371. The molecular formula is C19H23N3O4. The van der Waals surface area contributed by atoms with Gasteiger partial charge < -0.3 is 19.7 Å². The van der Waals surface area contributed by atoms with Crippen LogP contribution in [-0.4, -0.2) is 38.3 Å². The molecule has 0 spiro atoms. The number of nitro benzene ring substituents is 1. The van der Waals surface area contributed by atoms with Crippen molar-refractivity contribution in [2.45, 2.75) is 19.4 Å². The largest absolute Gasteiger partial charge is 0.497 e. The van der Waals surface area contributed by atoms with Crippen LogP contribution in [0.1, 0.15) is 12.0 Å². The van der Waals surface area contributed by atoms with Crippen LogP contribution in [0.25, 0.3) is 0 Å². The molecule has 0 bridgehead atoms. The lowest BCUT2D eigenvalue weighted by Gasteiger charge is -2.21. The van der Waals surface area contributed by atoms with Gasteiger partial charge in [0.2, 0.25) is 0 Å². The molecule has 1 aliphatic heterocycles. The van der Waals surface area contributed by atoms with Gasteiger partial charge in [0.05, 0.1) is 19.1 Å². The van der Waals surface area contributed by atoms with Crippen molar-refractivity contribution in [2.24, 2.45) is 0 Å². The Hall–Kier alpha value is -2.96. The molecule has 0 saturated carbocycles. The predicted octanol–water partition coefficient (Wildman–Crippen LogP) is 3.61. The Morgan fingerprint density at radius 2 is 1.85 bits per heavy atom. The van der Waals surface area contributed by atoms with Crippen molar-refractivity contribution >= 4 is 17.1 Å². The Labute approximate surface area is 152 Å². The highest BCUT2D eigenvalue weighted by Gasteiger charge is 2.24. The SMILES string of the molecule is COc1cc(OC)cc(N2CCC(Nc3ccc([N+](=O)[O-])cc3C)C2)c1. The van der Waals surface area contributed by atoms with Crippen LogP contribution in [0.4, 0.5) is 17.1 Å². The molecule has 2 aromatic rings. The van der Waals surface area contributed by atoms with E-state index < -0.39 is 0 Å². The molecule has 1 saturated heterocycles. The van der Waals surface area contributed by atoms with Gasteiger partial charge in [-0.2, -0.15) is 0 Å². The summed E-state index contributed by atoms with van der Waals surface area (Å²) in [6.07, 6.45) is 0.982. The molecular weight excluding hydrogens is 334 g/mol. The molecule has 7 heteroatoms. The maximum atomic E-state index is 10.9. The van der Waals surface area contributed by atoms with Crippen LogP contribution in [0, 0.1) is 17.0 Å². The van der Waals surface area contributed by atoms with Crippen molar-refractivity contribution < 1.29 is 14.4 Å². The molecule has 0 aromatic heterocycles. The highest BCUT2D eigenvalue weighted by molar-refractivity contribution is 5.59. The fourth-order valence-electron chi connectivity index (χ4n) is 3.23. The number of aryl methyl sites for hydroxylation is 1. The van der Waals surface area contributed by atoms with E-state index in [2.05, 4.69) is 10.2 Å². The zero-order chi connectivity index (χ0) is 18.7. The first-order valence-electron chi connectivity index (χ1n) is 8.49. The van der Waals surface area contributed by atoms with Crippen molar-refractivity contribution in [3.63, 3.8) is 0 Å². The predicted molar refractivity (Wildman–Crippen MR) is 102 cm³/mol. The van der Waals surface area contributed by atoms with E-state index in [1.165, 1.54) is 6.07 Å². The van der Waals surface area contributed by atoms with Gasteiger partial charge in [0.15, 0.2) is 0 Å². The van der Waals surface area contributed by atoms with Crippen molar-refractivity contribution in [1.29, 1.82) is 0 Å². The number of rotatable bonds is 6. The third kappa shape index (κ3) is 3.82. The molecule has 1 N–H and O–H groups in total. The lowest BCUT2D eigenvalue weighted by Crippen LogP contribution is -2.26. The van der Waals surface area contributed by atoms with Gasteiger partial charge in [-0.15, -0.1) is 0 Å². The lowest BCUT2D eigenvalue weighted by molar-refractivity contribution is -0.384. The Bertz CT molecular complexity index is 787. The highest BCUT2D eigenvalue weighted by Crippen LogP contribution is 2.31. The first-order valence-corrected chi connectivity index (χ1v) is 8.49. The number of ether oxygens (including phenoxy) is 2. The van der Waals surface area contributed by atoms with E-state index in [9.17, 15) is 10.1 Å². The van der Waals surface area contributed by atoms with Gasteiger partial charge in [-0.05, 0) is 25.0 Å². The standard InChI is InChI=1S/C19H23N3O4/c1-13-8-15(22(23)24)4-5-19(13)20-14-6-7-21(12-14)16-9-17(25-2)11-18(10-16)26-3/h4-5,8-11,14,20H,6-7,12H2,1-3H3. The summed E-state index contributed by atoms with van der Waals surface area (Å²) < 4.78 is 10.7. The molecule has 0 aliphatic carbocycles. The number of anilines is 2. The molecule has 0 radical (unpaired) electrons. The maximum Gasteiger partial charge on any atom is 0.269 e. The fraction of sp³-hybridized carbons (Fsp3) is 0.368. The molecule has 7 nitrogen and oxygen atoms in total. The van der Waals surface area contributed by atoms with E-state index in [0.29, 0.717) is 0 Å². The van der Waals surface area contributed by atoms with E-state index in [1.54, 1.807) is 26.4 Å². The zero-order valence-corrected chi connectivity index (χ0v) is 15.2. The van der Waals surface area contributed by atoms with E-state index in [1.807, 2.05) is 25.1 Å². The Kier molecular flexibility index (Phi) is 5.16. The number of nitrogens with one attached hydrogen (secondary N) is 1. The number of nitro groups is 1. The highest BCUT2D eigenvalue weighted by atomic mass is 16.6. The third-order valence-corrected chi connectivity index (χ3v) is 4.67. The number of methoxy groups -OCH3 is 2. The zero-order valence-electron chi connectivity index (χ0n) is 15.2. The summed E-state index contributed by atoms with van der Waals surface area (Å²) in [5.74, 6) is 1.53. The van der Waals surface area contributed by atoms with Gasteiger partial charge in [-0.25, -0.2) is 0 Å². The molecule has 1 aliphatic rings. The van der Waals surface area contributed by atoms with Crippen molar-refractivity contribution in [3.05, 3.63) is 52.1 Å².